The Kier molecular flexibility index (Phi) is 7.22. The smallest absolute Gasteiger partial charge is 0.193 e. The number of hydrogen-bond donors (Lipinski definition) is 2. The summed E-state index contributed by atoms with van der Waals surface area (Å²) in [7, 11) is 3.17. The Morgan fingerprint density at radius 3 is 2.73 bits per heavy atom. The molecule has 0 radical (unpaired) electrons. The molecule has 0 aromatic heterocycles. The predicted octanol–water partition coefficient (Wildman–Crippen LogP) is 3.84. The van der Waals surface area contributed by atoms with Crippen LogP contribution in [0.1, 0.15) is 11.1 Å². The SMILES string of the molecule is COc1ccc(NC(N)=NCc2cc(Cl)cc3c2OCC3)cc1OC.I. The molecule has 0 unspecified atom stereocenters. The number of hydrogen-bond acceptors (Lipinski definition) is 4. The van der Waals surface area contributed by atoms with Gasteiger partial charge in [-0.15, -0.1) is 24.0 Å². The van der Waals surface area contributed by atoms with E-state index in [1.165, 1.54) is 0 Å². The van der Waals surface area contributed by atoms with E-state index in [9.17, 15) is 0 Å². The molecular weight excluding hydrogens is 469 g/mol. The maximum absolute atomic E-state index is 6.16. The number of ether oxygens (including phenoxy) is 3. The van der Waals surface area contributed by atoms with E-state index in [4.69, 9.17) is 31.5 Å². The molecule has 0 atom stereocenters. The summed E-state index contributed by atoms with van der Waals surface area (Å²) in [5.74, 6) is 2.42. The van der Waals surface area contributed by atoms with Crippen molar-refractivity contribution in [2.75, 3.05) is 26.1 Å². The monoisotopic (exact) mass is 489 g/mol. The zero-order valence-electron chi connectivity index (χ0n) is 14.5. The Labute approximate surface area is 174 Å². The first-order valence-electron chi connectivity index (χ1n) is 7.83. The molecule has 8 heteroatoms. The van der Waals surface area contributed by atoms with Crippen molar-refractivity contribution < 1.29 is 14.2 Å². The molecule has 3 N–H and O–H groups in total. The third kappa shape index (κ3) is 4.64. The lowest BCUT2D eigenvalue weighted by Crippen LogP contribution is -2.22. The summed E-state index contributed by atoms with van der Waals surface area (Å²) >= 11 is 6.16. The standard InChI is InChI=1S/C18H20ClN3O3.HI/c1-23-15-4-3-14(9-16(15)24-2)22-18(20)21-10-12-8-13(19)7-11-5-6-25-17(11)12;/h3-4,7-9H,5-6,10H2,1-2H3,(H3,20,21,22);1H. The number of nitrogens with two attached hydrogens (primary N) is 1. The summed E-state index contributed by atoms with van der Waals surface area (Å²) in [4.78, 5) is 4.38. The van der Waals surface area contributed by atoms with Gasteiger partial charge in [0.25, 0.3) is 0 Å². The van der Waals surface area contributed by atoms with Crippen molar-refractivity contribution >= 4 is 47.2 Å². The Morgan fingerprint density at radius 1 is 1.23 bits per heavy atom. The van der Waals surface area contributed by atoms with Crippen molar-refractivity contribution in [3.05, 3.63) is 46.5 Å². The lowest BCUT2D eigenvalue weighted by molar-refractivity contribution is 0.353. The zero-order chi connectivity index (χ0) is 17.8. The number of benzene rings is 2. The number of methoxy groups -OCH3 is 2. The molecule has 1 heterocycles. The van der Waals surface area contributed by atoms with Crippen LogP contribution >= 0.6 is 35.6 Å². The quantitative estimate of drug-likeness (QED) is 0.379. The van der Waals surface area contributed by atoms with Gasteiger partial charge in [0.1, 0.15) is 5.75 Å². The van der Waals surface area contributed by atoms with E-state index in [0.717, 1.165) is 29.0 Å². The molecule has 0 saturated heterocycles. The zero-order valence-corrected chi connectivity index (χ0v) is 17.6. The van der Waals surface area contributed by atoms with E-state index in [1.807, 2.05) is 18.2 Å². The molecule has 0 fully saturated rings. The van der Waals surface area contributed by atoms with Crippen molar-refractivity contribution in [1.82, 2.24) is 0 Å². The van der Waals surface area contributed by atoms with Crippen LogP contribution < -0.4 is 25.3 Å². The number of fused-ring (bicyclic) bond motifs is 1. The fraction of sp³-hybridized carbons (Fsp3) is 0.278. The molecule has 0 saturated carbocycles. The first-order chi connectivity index (χ1) is 12.1. The van der Waals surface area contributed by atoms with E-state index in [-0.39, 0.29) is 24.0 Å². The largest absolute Gasteiger partial charge is 0.493 e. The van der Waals surface area contributed by atoms with Gasteiger partial charge in [-0.1, -0.05) is 11.6 Å². The van der Waals surface area contributed by atoms with Gasteiger partial charge in [0.15, 0.2) is 17.5 Å². The van der Waals surface area contributed by atoms with Gasteiger partial charge in [-0.3, -0.25) is 0 Å². The third-order valence-electron chi connectivity index (χ3n) is 3.90. The molecule has 1 aliphatic rings. The van der Waals surface area contributed by atoms with Crippen molar-refractivity contribution in [3.63, 3.8) is 0 Å². The minimum Gasteiger partial charge on any atom is -0.493 e. The third-order valence-corrected chi connectivity index (χ3v) is 4.12. The average molecular weight is 490 g/mol. The van der Waals surface area contributed by atoms with E-state index in [2.05, 4.69) is 10.3 Å². The summed E-state index contributed by atoms with van der Waals surface area (Å²) in [5, 5.41) is 3.72. The van der Waals surface area contributed by atoms with Gasteiger partial charge in [0, 0.05) is 28.8 Å². The van der Waals surface area contributed by atoms with Gasteiger partial charge < -0.3 is 25.3 Å². The van der Waals surface area contributed by atoms with Crippen LogP contribution in [0.15, 0.2) is 35.3 Å². The van der Waals surface area contributed by atoms with Crippen LogP contribution in [0.2, 0.25) is 5.02 Å². The predicted molar refractivity (Wildman–Crippen MR) is 115 cm³/mol. The van der Waals surface area contributed by atoms with Crippen molar-refractivity contribution in [1.29, 1.82) is 0 Å². The molecule has 140 valence electrons. The lowest BCUT2D eigenvalue weighted by Gasteiger charge is -2.11. The number of aliphatic imine (C=N–C) groups is 1. The highest BCUT2D eigenvalue weighted by atomic mass is 127. The van der Waals surface area contributed by atoms with E-state index in [1.54, 1.807) is 26.4 Å². The van der Waals surface area contributed by atoms with Crippen LogP contribution in [0, 0.1) is 0 Å². The Morgan fingerprint density at radius 2 is 2.00 bits per heavy atom. The number of nitrogens with zero attached hydrogens (tertiary/aromatic N) is 1. The minimum atomic E-state index is 0. The minimum absolute atomic E-state index is 0. The highest BCUT2D eigenvalue weighted by molar-refractivity contribution is 14.0. The first-order valence-corrected chi connectivity index (χ1v) is 8.21. The van der Waals surface area contributed by atoms with Crippen molar-refractivity contribution in [2.24, 2.45) is 10.7 Å². The van der Waals surface area contributed by atoms with E-state index >= 15 is 0 Å². The van der Waals surface area contributed by atoms with Crippen LogP contribution in [-0.4, -0.2) is 26.8 Å². The fourth-order valence-corrected chi connectivity index (χ4v) is 3.00. The van der Waals surface area contributed by atoms with Gasteiger partial charge in [0.05, 0.1) is 27.4 Å². The molecular formula is C18H21ClIN3O3. The van der Waals surface area contributed by atoms with E-state index in [0.29, 0.717) is 35.6 Å². The Balaban J connectivity index is 0.00000243. The summed E-state index contributed by atoms with van der Waals surface area (Å²) < 4.78 is 16.2. The number of rotatable bonds is 5. The van der Waals surface area contributed by atoms with Crippen molar-refractivity contribution in [3.8, 4) is 17.2 Å². The fourth-order valence-electron chi connectivity index (χ4n) is 2.74. The summed E-state index contributed by atoms with van der Waals surface area (Å²) in [6.45, 7) is 1.06. The second kappa shape index (κ2) is 9.18. The summed E-state index contributed by atoms with van der Waals surface area (Å²) in [5.41, 5.74) is 8.79. The molecule has 0 amide bonds. The van der Waals surface area contributed by atoms with Crippen LogP contribution in [0.3, 0.4) is 0 Å². The number of nitrogens with one attached hydrogen (secondary N) is 1. The number of halogens is 2. The number of guanidine groups is 1. The molecule has 6 nitrogen and oxygen atoms in total. The van der Waals surface area contributed by atoms with Gasteiger partial charge in [0.2, 0.25) is 0 Å². The van der Waals surface area contributed by atoms with E-state index < -0.39 is 0 Å². The van der Waals surface area contributed by atoms with Gasteiger partial charge >= 0.3 is 0 Å². The normalized spacial score (nSPS) is 12.7. The summed E-state index contributed by atoms with van der Waals surface area (Å²) in [6.07, 6.45) is 0.867. The molecule has 0 bridgehead atoms. The van der Waals surface area contributed by atoms with Gasteiger partial charge in [-0.2, -0.15) is 0 Å². The maximum Gasteiger partial charge on any atom is 0.193 e. The molecule has 1 aliphatic heterocycles. The lowest BCUT2D eigenvalue weighted by atomic mass is 10.1. The Hall–Kier alpha value is -1.87. The average Bonchev–Trinajstić information content (AvgIpc) is 3.07. The topological polar surface area (TPSA) is 78.1 Å². The van der Waals surface area contributed by atoms with Crippen LogP contribution in [0.5, 0.6) is 17.2 Å². The molecule has 26 heavy (non-hydrogen) atoms. The maximum atomic E-state index is 6.16. The number of anilines is 1. The van der Waals surface area contributed by atoms with Crippen LogP contribution in [-0.2, 0) is 13.0 Å². The molecule has 0 aliphatic carbocycles. The Bertz CT molecular complexity index is 815. The molecule has 3 rings (SSSR count). The second-order valence-corrected chi connectivity index (χ2v) is 5.98. The van der Waals surface area contributed by atoms with Crippen LogP contribution in [0.25, 0.3) is 0 Å². The summed E-state index contributed by atoms with van der Waals surface area (Å²) in [6, 6.07) is 9.22. The van der Waals surface area contributed by atoms with Gasteiger partial charge in [-0.25, -0.2) is 4.99 Å². The highest BCUT2D eigenvalue weighted by Gasteiger charge is 2.17. The molecule has 0 spiro atoms. The molecule has 2 aromatic carbocycles. The molecule has 2 aromatic rings. The van der Waals surface area contributed by atoms with Crippen molar-refractivity contribution in [2.45, 2.75) is 13.0 Å². The van der Waals surface area contributed by atoms with Gasteiger partial charge in [-0.05, 0) is 29.8 Å². The highest BCUT2D eigenvalue weighted by Crippen LogP contribution is 2.33. The van der Waals surface area contributed by atoms with Crippen LogP contribution in [0.4, 0.5) is 5.69 Å². The second-order valence-electron chi connectivity index (χ2n) is 5.55. The first kappa shape index (κ1) is 20.4.